The van der Waals surface area contributed by atoms with Crippen LogP contribution < -0.4 is 0 Å². The first-order valence-corrected chi connectivity index (χ1v) is 13.0. The first-order chi connectivity index (χ1) is 14.3. The van der Waals surface area contributed by atoms with Crippen LogP contribution in [0.4, 0.5) is 0 Å². The van der Waals surface area contributed by atoms with E-state index in [1.807, 2.05) is 0 Å². The maximum atomic E-state index is 8.89. The zero-order chi connectivity index (χ0) is 21.5. The Balaban J connectivity index is 1.49. The van der Waals surface area contributed by atoms with Crippen LogP contribution in [0, 0.1) is 46.3 Å². The Hall–Kier alpha value is -0.950. The summed E-state index contributed by atoms with van der Waals surface area (Å²) in [6, 6.07) is 0.197. The van der Waals surface area contributed by atoms with Gasteiger partial charge in [-0.3, -0.25) is 0 Å². The number of allylic oxidation sites excluding steroid dienone is 1. The molecule has 3 saturated carbocycles. The number of nitrogens with zero attached hydrogens (tertiary/aromatic N) is 3. The molecule has 4 aliphatic rings. The summed E-state index contributed by atoms with van der Waals surface area (Å²) in [4.78, 5) is 3.11. The van der Waals surface area contributed by atoms with Crippen molar-refractivity contribution in [1.29, 1.82) is 0 Å². The molecule has 3 nitrogen and oxygen atoms in total. The molecule has 0 amide bonds. The van der Waals surface area contributed by atoms with Crippen molar-refractivity contribution in [2.24, 2.45) is 51.5 Å². The van der Waals surface area contributed by atoms with E-state index in [0.29, 0.717) is 10.8 Å². The van der Waals surface area contributed by atoms with Gasteiger partial charge in [-0.1, -0.05) is 70.6 Å². The molecule has 0 aromatic rings. The predicted octanol–water partition coefficient (Wildman–Crippen LogP) is 8.71. The largest absolute Gasteiger partial charge is 0.0903 e. The number of hydrogen-bond donors (Lipinski definition) is 0. The molecule has 4 aliphatic carbocycles. The number of fused-ring (bicyclic) bond motifs is 5. The van der Waals surface area contributed by atoms with Crippen molar-refractivity contribution in [3.05, 3.63) is 22.1 Å². The molecule has 0 aromatic heterocycles. The highest BCUT2D eigenvalue weighted by Crippen LogP contribution is 2.67. The van der Waals surface area contributed by atoms with Gasteiger partial charge in [0.05, 0.1) is 0 Å². The lowest BCUT2D eigenvalue weighted by molar-refractivity contribution is -0.0508. The Morgan fingerprint density at radius 1 is 1.07 bits per heavy atom. The van der Waals surface area contributed by atoms with E-state index in [0.717, 1.165) is 48.3 Å². The van der Waals surface area contributed by atoms with Crippen LogP contribution in [0.1, 0.15) is 105 Å². The molecule has 4 rings (SSSR count). The van der Waals surface area contributed by atoms with Gasteiger partial charge in [-0.05, 0) is 103 Å². The zero-order valence-corrected chi connectivity index (χ0v) is 20.2. The van der Waals surface area contributed by atoms with E-state index in [-0.39, 0.29) is 6.04 Å². The van der Waals surface area contributed by atoms with Crippen LogP contribution >= 0.6 is 0 Å². The van der Waals surface area contributed by atoms with Crippen LogP contribution in [0.5, 0.6) is 0 Å². The number of rotatable bonds is 6. The average molecular weight is 412 g/mol. The Morgan fingerprint density at radius 3 is 2.60 bits per heavy atom. The molecule has 0 aromatic carbocycles. The minimum atomic E-state index is 0.197. The van der Waals surface area contributed by atoms with E-state index < -0.39 is 0 Å². The van der Waals surface area contributed by atoms with Crippen molar-refractivity contribution < 1.29 is 0 Å². The van der Waals surface area contributed by atoms with Gasteiger partial charge in [-0.25, -0.2) is 0 Å². The highest BCUT2D eigenvalue weighted by molar-refractivity contribution is 5.26. The van der Waals surface area contributed by atoms with E-state index in [4.69, 9.17) is 5.53 Å². The van der Waals surface area contributed by atoms with E-state index in [9.17, 15) is 0 Å². The van der Waals surface area contributed by atoms with Crippen molar-refractivity contribution >= 4 is 0 Å². The summed E-state index contributed by atoms with van der Waals surface area (Å²) in [5, 5.41) is 4.08. The van der Waals surface area contributed by atoms with E-state index >= 15 is 0 Å². The third-order valence-electron chi connectivity index (χ3n) is 10.5. The van der Waals surface area contributed by atoms with Gasteiger partial charge in [0.2, 0.25) is 0 Å². The van der Waals surface area contributed by atoms with Gasteiger partial charge in [-0.15, -0.1) is 0 Å². The number of hydrogen-bond acceptors (Lipinski definition) is 1. The van der Waals surface area contributed by atoms with Crippen LogP contribution in [0.25, 0.3) is 10.4 Å². The topological polar surface area (TPSA) is 48.8 Å². The van der Waals surface area contributed by atoms with Crippen LogP contribution in [0.3, 0.4) is 0 Å². The second kappa shape index (κ2) is 8.53. The molecule has 8 atom stereocenters. The summed E-state index contributed by atoms with van der Waals surface area (Å²) in [6.07, 6.45) is 17.3. The summed E-state index contributed by atoms with van der Waals surface area (Å²) in [5.74, 6) is 5.35. The molecule has 3 heteroatoms. The van der Waals surface area contributed by atoms with Gasteiger partial charge in [0, 0.05) is 11.0 Å². The van der Waals surface area contributed by atoms with Crippen LogP contribution in [-0.2, 0) is 0 Å². The van der Waals surface area contributed by atoms with Crippen LogP contribution in [0.2, 0.25) is 0 Å². The summed E-state index contributed by atoms with van der Waals surface area (Å²) in [6.45, 7) is 12.5. The molecule has 3 fully saturated rings. The zero-order valence-electron chi connectivity index (χ0n) is 20.2. The summed E-state index contributed by atoms with van der Waals surface area (Å²) in [5.41, 5.74) is 11.5. The van der Waals surface area contributed by atoms with E-state index in [2.05, 4.69) is 50.7 Å². The molecule has 0 spiro atoms. The summed E-state index contributed by atoms with van der Waals surface area (Å²) >= 11 is 0. The third-order valence-corrected chi connectivity index (χ3v) is 10.5. The second-order valence-corrected chi connectivity index (χ2v) is 12.4. The second-order valence-electron chi connectivity index (χ2n) is 12.4. The minimum absolute atomic E-state index is 0.197. The molecule has 3 unspecified atom stereocenters. The summed E-state index contributed by atoms with van der Waals surface area (Å²) in [7, 11) is 0. The lowest BCUT2D eigenvalue weighted by Gasteiger charge is -2.58. The fourth-order valence-corrected chi connectivity index (χ4v) is 8.84. The summed E-state index contributed by atoms with van der Waals surface area (Å²) < 4.78 is 0. The SMILES string of the molecule is CC(C)CCC[C@@H](C)C1CC[C@H]2[C@@H]3CC=C4C[C@@H](N=[N+]=[N-])CCC4(C)[C@H]3CCC12C. The fourth-order valence-electron chi connectivity index (χ4n) is 8.84. The van der Waals surface area contributed by atoms with Crippen molar-refractivity contribution in [3.8, 4) is 0 Å². The van der Waals surface area contributed by atoms with Gasteiger partial charge in [0.15, 0.2) is 0 Å². The molecule has 0 radical (unpaired) electrons. The molecule has 0 saturated heterocycles. The van der Waals surface area contributed by atoms with Gasteiger partial charge in [0.25, 0.3) is 0 Å². The Labute approximate surface area is 185 Å². The molecule has 0 aliphatic heterocycles. The van der Waals surface area contributed by atoms with E-state index in [1.165, 1.54) is 57.8 Å². The van der Waals surface area contributed by atoms with Crippen molar-refractivity contribution in [3.63, 3.8) is 0 Å². The van der Waals surface area contributed by atoms with Crippen molar-refractivity contribution in [2.45, 2.75) is 111 Å². The quantitative estimate of drug-likeness (QED) is 0.182. The van der Waals surface area contributed by atoms with Gasteiger partial charge < -0.3 is 0 Å². The lowest BCUT2D eigenvalue weighted by Crippen LogP contribution is -2.50. The van der Waals surface area contributed by atoms with Gasteiger partial charge >= 0.3 is 0 Å². The Kier molecular flexibility index (Phi) is 6.33. The molecular weight excluding hydrogens is 366 g/mol. The molecule has 0 N–H and O–H groups in total. The molecular formula is C27H45N3. The third kappa shape index (κ3) is 3.74. The van der Waals surface area contributed by atoms with Crippen LogP contribution in [0.15, 0.2) is 16.8 Å². The van der Waals surface area contributed by atoms with Crippen LogP contribution in [-0.4, -0.2) is 6.04 Å². The monoisotopic (exact) mass is 411 g/mol. The normalized spacial score (nSPS) is 43.8. The Bertz CT molecular complexity index is 705. The van der Waals surface area contributed by atoms with Gasteiger partial charge in [-0.2, -0.15) is 0 Å². The molecule has 168 valence electrons. The lowest BCUT2D eigenvalue weighted by atomic mass is 9.47. The minimum Gasteiger partial charge on any atom is -0.0903 e. The molecule has 0 bridgehead atoms. The van der Waals surface area contributed by atoms with Crippen molar-refractivity contribution in [2.75, 3.05) is 0 Å². The maximum absolute atomic E-state index is 8.89. The molecule has 0 heterocycles. The van der Waals surface area contributed by atoms with Gasteiger partial charge in [0.1, 0.15) is 0 Å². The standard InChI is InChI=1S/C27H45N3/c1-18(2)7-6-8-19(3)23-11-12-24-22-10-9-20-17-21(29-30-28)13-15-26(20,4)25(22)14-16-27(23,24)5/h9,18-19,21-25H,6-8,10-17H2,1-5H3/t19-,21+,22+,23?,24+,25+,26?,27?/m1/s1. The van der Waals surface area contributed by atoms with E-state index in [1.54, 1.807) is 5.57 Å². The average Bonchev–Trinajstić information content (AvgIpc) is 3.05. The number of azide groups is 1. The fraction of sp³-hybridized carbons (Fsp3) is 0.926. The Morgan fingerprint density at radius 2 is 1.87 bits per heavy atom. The highest BCUT2D eigenvalue weighted by atomic mass is 15.1. The first kappa shape index (κ1) is 22.3. The maximum Gasteiger partial charge on any atom is 0.0411 e. The van der Waals surface area contributed by atoms with Crippen molar-refractivity contribution in [1.82, 2.24) is 0 Å². The predicted molar refractivity (Wildman–Crippen MR) is 126 cm³/mol. The highest BCUT2D eigenvalue weighted by Gasteiger charge is 2.59. The molecule has 30 heavy (non-hydrogen) atoms. The first-order valence-electron chi connectivity index (χ1n) is 13.0. The smallest absolute Gasteiger partial charge is 0.0411 e.